The van der Waals surface area contributed by atoms with Crippen LogP contribution in [0.1, 0.15) is 24.8 Å². The Bertz CT molecular complexity index is 484. The van der Waals surface area contributed by atoms with Crippen LogP contribution in [0.4, 0.5) is 0 Å². The van der Waals surface area contributed by atoms with Crippen LogP contribution in [0.25, 0.3) is 0 Å². The zero-order chi connectivity index (χ0) is 11.7. The zero-order valence-corrected chi connectivity index (χ0v) is 9.65. The third-order valence-electron chi connectivity index (χ3n) is 5.46. The van der Waals surface area contributed by atoms with Gasteiger partial charge in [-0.2, -0.15) is 0 Å². The van der Waals surface area contributed by atoms with Gasteiger partial charge in [-0.25, -0.2) is 5.84 Å². The number of carbonyl (C=O) groups excluding carboxylic acids is 1. The Hall–Kier alpha value is -1.35. The monoisotopic (exact) mass is 228 g/mol. The molecule has 3 nitrogen and oxygen atoms in total. The van der Waals surface area contributed by atoms with Crippen molar-refractivity contribution in [1.82, 2.24) is 5.43 Å². The Morgan fingerprint density at radius 1 is 1.24 bits per heavy atom. The molecule has 0 aromatic heterocycles. The number of fused-ring (bicyclic) bond motifs is 2. The SMILES string of the molecule is NNC(=O)C12[C@H]3CCC[C@@H]1C32c1ccccc1. The molecule has 3 saturated carbocycles. The van der Waals surface area contributed by atoms with Crippen molar-refractivity contribution < 1.29 is 4.79 Å². The number of hydrazine groups is 1. The van der Waals surface area contributed by atoms with Crippen LogP contribution in [-0.4, -0.2) is 5.91 Å². The summed E-state index contributed by atoms with van der Waals surface area (Å²) < 4.78 is 0. The van der Waals surface area contributed by atoms with Crippen LogP contribution in [0, 0.1) is 17.3 Å². The zero-order valence-electron chi connectivity index (χ0n) is 9.65. The summed E-state index contributed by atoms with van der Waals surface area (Å²) in [6.07, 6.45) is 3.63. The van der Waals surface area contributed by atoms with E-state index in [-0.39, 0.29) is 16.7 Å². The lowest BCUT2D eigenvalue weighted by atomic mass is 9.77. The lowest BCUT2D eigenvalue weighted by Gasteiger charge is -2.27. The highest BCUT2D eigenvalue weighted by atomic mass is 16.2. The van der Waals surface area contributed by atoms with E-state index >= 15 is 0 Å². The van der Waals surface area contributed by atoms with Crippen LogP contribution in [-0.2, 0) is 10.2 Å². The van der Waals surface area contributed by atoms with Crippen molar-refractivity contribution in [3.63, 3.8) is 0 Å². The van der Waals surface area contributed by atoms with Gasteiger partial charge in [0, 0.05) is 5.41 Å². The number of carbonyl (C=O) groups is 1. The van der Waals surface area contributed by atoms with Gasteiger partial charge in [0.2, 0.25) is 5.91 Å². The molecular weight excluding hydrogens is 212 g/mol. The molecule has 17 heavy (non-hydrogen) atoms. The summed E-state index contributed by atoms with van der Waals surface area (Å²) in [4.78, 5) is 12.1. The molecule has 1 aromatic rings. The average molecular weight is 228 g/mol. The second kappa shape index (κ2) is 2.72. The van der Waals surface area contributed by atoms with Crippen LogP contribution in [0.3, 0.4) is 0 Å². The van der Waals surface area contributed by atoms with Crippen molar-refractivity contribution in [2.45, 2.75) is 24.7 Å². The third-order valence-corrected chi connectivity index (χ3v) is 5.46. The van der Waals surface area contributed by atoms with Gasteiger partial charge in [-0.3, -0.25) is 10.2 Å². The number of nitrogens with one attached hydrogen (secondary N) is 1. The van der Waals surface area contributed by atoms with Gasteiger partial charge in [0.05, 0.1) is 5.41 Å². The fourth-order valence-electron chi connectivity index (χ4n) is 5.01. The minimum absolute atomic E-state index is 0.0658. The van der Waals surface area contributed by atoms with Gasteiger partial charge in [0.1, 0.15) is 0 Å². The molecule has 0 saturated heterocycles. The van der Waals surface area contributed by atoms with E-state index in [2.05, 4.69) is 29.7 Å². The van der Waals surface area contributed by atoms with Crippen molar-refractivity contribution in [1.29, 1.82) is 0 Å². The number of amides is 1. The number of hydrogen-bond acceptors (Lipinski definition) is 2. The maximum atomic E-state index is 12.1. The van der Waals surface area contributed by atoms with Crippen LogP contribution >= 0.6 is 0 Å². The van der Waals surface area contributed by atoms with Crippen molar-refractivity contribution in [3.8, 4) is 0 Å². The fourth-order valence-corrected chi connectivity index (χ4v) is 5.01. The molecule has 3 aliphatic carbocycles. The topological polar surface area (TPSA) is 55.1 Å². The van der Waals surface area contributed by atoms with Crippen LogP contribution in [0.5, 0.6) is 0 Å². The first kappa shape index (κ1) is 9.66. The lowest BCUT2D eigenvalue weighted by Crippen LogP contribution is -2.38. The minimum atomic E-state index is -0.138. The van der Waals surface area contributed by atoms with E-state index in [4.69, 9.17) is 5.84 Å². The molecule has 2 unspecified atom stereocenters. The van der Waals surface area contributed by atoms with Gasteiger partial charge in [-0.1, -0.05) is 36.8 Å². The highest BCUT2D eigenvalue weighted by molar-refractivity contribution is 5.97. The molecule has 4 rings (SSSR count). The van der Waals surface area contributed by atoms with Crippen molar-refractivity contribution in [3.05, 3.63) is 35.9 Å². The molecule has 88 valence electrons. The predicted molar refractivity (Wildman–Crippen MR) is 63.7 cm³/mol. The van der Waals surface area contributed by atoms with E-state index in [1.165, 1.54) is 24.8 Å². The standard InChI is InChI=1S/C14H16N2O/c15-16-12(17)14-10-7-4-8-11(14)13(10,14)9-5-2-1-3-6-9/h1-3,5-6,10-11H,4,7-8,15H2,(H,16,17)/t10-,11+,13?,14?. The molecule has 3 heteroatoms. The van der Waals surface area contributed by atoms with E-state index in [1.54, 1.807) is 0 Å². The molecule has 0 heterocycles. The first-order valence-electron chi connectivity index (χ1n) is 6.37. The summed E-state index contributed by atoms with van der Waals surface area (Å²) in [5, 5.41) is 0. The van der Waals surface area contributed by atoms with Gasteiger partial charge < -0.3 is 0 Å². The average Bonchev–Trinajstić information content (AvgIpc) is 3.26. The first-order chi connectivity index (χ1) is 8.31. The molecule has 1 amide bonds. The summed E-state index contributed by atoms with van der Waals surface area (Å²) in [6, 6.07) is 10.5. The van der Waals surface area contributed by atoms with E-state index in [0.29, 0.717) is 11.8 Å². The number of rotatable bonds is 2. The summed E-state index contributed by atoms with van der Waals surface area (Å²) >= 11 is 0. The normalized spacial score (nSPS) is 44.8. The maximum Gasteiger partial charge on any atom is 0.241 e. The summed E-state index contributed by atoms with van der Waals surface area (Å²) in [6.45, 7) is 0. The molecule has 3 fully saturated rings. The van der Waals surface area contributed by atoms with E-state index < -0.39 is 0 Å². The Balaban J connectivity index is 1.80. The quantitative estimate of drug-likeness (QED) is 0.456. The van der Waals surface area contributed by atoms with Gasteiger partial charge in [0.25, 0.3) is 0 Å². The van der Waals surface area contributed by atoms with Crippen molar-refractivity contribution in [2.75, 3.05) is 0 Å². The molecule has 0 aliphatic heterocycles. The molecule has 1 aromatic carbocycles. The third kappa shape index (κ3) is 0.757. The molecule has 4 atom stereocenters. The van der Waals surface area contributed by atoms with Gasteiger partial charge in [-0.15, -0.1) is 0 Å². The Morgan fingerprint density at radius 3 is 2.47 bits per heavy atom. The van der Waals surface area contributed by atoms with Gasteiger partial charge in [-0.05, 0) is 30.2 Å². The molecule has 0 spiro atoms. The van der Waals surface area contributed by atoms with E-state index in [1.807, 2.05) is 6.07 Å². The summed E-state index contributed by atoms with van der Waals surface area (Å²) in [5.74, 6) is 6.51. The molecular formula is C14H16N2O. The van der Waals surface area contributed by atoms with E-state index in [9.17, 15) is 4.79 Å². The molecule has 0 radical (unpaired) electrons. The summed E-state index contributed by atoms with van der Waals surface area (Å²) in [7, 11) is 0. The van der Waals surface area contributed by atoms with E-state index in [0.717, 1.165) is 0 Å². The Morgan fingerprint density at radius 2 is 1.88 bits per heavy atom. The number of nitrogens with two attached hydrogens (primary N) is 1. The van der Waals surface area contributed by atoms with Gasteiger partial charge >= 0.3 is 0 Å². The van der Waals surface area contributed by atoms with Crippen LogP contribution < -0.4 is 11.3 Å². The Labute approximate surface area is 100 Å². The van der Waals surface area contributed by atoms with Crippen LogP contribution in [0.15, 0.2) is 30.3 Å². The van der Waals surface area contributed by atoms with Crippen molar-refractivity contribution in [2.24, 2.45) is 23.1 Å². The second-order valence-corrected chi connectivity index (χ2v) is 5.61. The van der Waals surface area contributed by atoms with Gasteiger partial charge in [0.15, 0.2) is 0 Å². The van der Waals surface area contributed by atoms with Crippen molar-refractivity contribution >= 4 is 5.91 Å². The fraction of sp³-hybridized carbons (Fsp3) is 0.500. The Kier molecular flexibility index (Phi) is 1.55. The smallest absolute Gasteiger partial charge is 0.241 e. The predicted octanol–water partition coefficient (Wildman–Crippen LogP) is 1.34. The highest BCUT2D eigenvalue weighted by Gasteiger charge is 3.00. The number of hydrogen-bond donors (Lipinski definition) is 2. The maximum absolute atomic E-state index is 12.1. The minimum Gasteiger partial charge on any atom is -0.294 e. The largest absolute Gasteiger partial charge is 0.294 e. The lowest BCUT2D eigenvalue weighted by molar-refractivity contribution is -0.126. The second-order valence-electron chi connectivity index (χ2n) is 5.61. The highest BCUT2D eigenvalue weighted by Crippen LogP contribution is 2.96. The first-order valence-corrected chi connectivity index (χ1v) is 6.37. The molecule has 3 aliphatic rings. The molecule has 0 bridgehead atoms. The molecule has 3 N–H and O–H groups in total. The number of benzene rings is 1. The summed E-state index contributed by atoms with van der Waals surface area (Å²) in [5.41, 5.74) is 3.75. The van der Waals surface area contributed by atoms with Crippen LogP contribution in [0.2, 0.25) is 0 Å².